The van der Waals surface area contributed by atoms with Crippen molar-refractivity contribution in [2.45, 2.75) is 19.5 Å². The molecule has 31 heavy (non-hydrogen) atoms. The number of benzene rings is 2. The number of likely N-dealkylation sites (N-methyl/N-ethyl adjacent to an activating group) is 1. The molecule has 1 aromatic heterocycles. The van der Waals surface area contributed by atoms with Crippen LogP contribution in [0.3, 0.4) is 0 Å². The number of hydrogen-bond acceptors (Lipinski definition) is 4. The van der Waals surface area contributed by atoms with Gasteiger partial charge in [0.2, 0.25) is 5.89 Å². The minimum Gasteiger partial charge on any atom is -0.444 e. The molecule has 0 spiro atoms. The summed E-state index contributed by atoms with van der Waals surface area (Å²) in [5, 5.41) is 6.62. The van der Waals surface area contributed by atoms with E-state index in [1.54, 1.807) is 6.26 Å². The summed E-state index contributed by atoms with van der Waals surface area (Å²) in [4.78, 5) is 11.2. The highest BCUT2D eigenvalue weighted by Crippen LogP contribution is 2.19. The average molecular weight is 537 g/mol. The predicted molar refractivity (Wildman–Crippen MR) is 133 cm³/mol. The minimum atomic E-state index is -0.235. The van der Waals surface area contributed by atoms with Crippen molar-refractivity contribution in [3.63, 3.8) is 0 Å². The Morgan fingerprint density at radius 1 is 1.10 bits per heavy atom. The molecule has 2 N–H and O–H groups in total. The van der Waals surface area contributed by atoms with E-state index in [4.69, 9.17) is 4.42 Å². The van der Waals surface area contributed by atoms with Gasteiger partial charge in [-0.15, -0.1) is 24.0 Å². The van der Waals surface area contributed by atoms with Gasteiger partial charge in [-0.05, 0) is 50.8 Å². The van der Waals surface area contributed by atoms with Crippen LogP contribution in [0.4, 0.5) is 4.39 Å². The highest BCUT2D eigenvalue weighted by Gasteiger charge is 2.15. The van der Waals surface area contributed by atoms with Crippen LogP contribution < -0.4 is 10.6 Å². The molecule has 1 atom stereocenters. The van der Waals surface area contributed by atoms with Gasteiger partial charge in [-0.3, -0.25) is 0 Å². The topological polar surface area (TPSA) is 65.7 Å². The molecule has 0 saturated carbocycles. The third kappa shape index (κ3) is 7.32. The zero-order chi connectivity index (χ0) is 21.3. The summed E-state index contributed by atoms with van der Waals surface area (Å²) in [7, 11) is 4.00. The van der Waals surface area contributed by atoms with Crippen LogP contribution >= 0.6 is 24.0 Å². The standard InChI is InChI=1S/C23H28FN5O.HI/c1-4-25-23(27-15-21(29(2)3)17-10-12-19(24)13-11-17)26-14-20-16-30-22(28-20)18-8-6-5-7-9-18;/h5-13,16,21H,4,14-15H2,1-3H3,(H2,25,26,27);1H. The molecule has 0 bridgehead atoms. The lowest BCUT2D eigenvalue weighted by Crippen LogP contribution is -2.41. The lowest BCUT2D eigenvalue weighted by Gasteiger charge is -2.26. The van der Waals surface area contributed by atoms with Crippen molar-refractivity contribution in [2.24, 2.45) is 4.99 Å². The van der Waals surface area contributed by atoms with Crippen LogP contribution in [-0.4, -0.2) is 43.0 Å². The van der Waals surface area contributed by atoms with Crippen LogP contribution in [0.15, 0.2) is 70.3 Å². The van der Waals surface area contributed by atoms with Crippen molar-refractivity contribution in [1.82, 2.24) is 20.5 Å². The van der Waals surface area contributed by atoms with E-state index in [9.17, 15) is 4.39 Å². The number of nitrogens with one attached hydrogen (secondary N) is 2. The molecule has 0 fully saturated rings. The first-order valence-electron chi connectivity index (χ1n) is 10.0. The molecule has 0 saturated heterocycles. The van der Waals surface area contributed by atoms with Crippen molar-refractivity contribution >= 4 is 29.9 Å². The van der Waals surface area contributed by atoms with Crippen LogP contribution in [0.25, 0.3) is 11.5 Å². The lowest BCUT2D eigenvalue weighted by atomic mass is 10.1. The molecule has 3 aromatic rings. The Morgan fingerprint density at radius 2 is 1.81 bits per heavy atom. The normalized spacial score (nSPS) is 12.4. The Bertz CT molecular complexity index is 944. The quantitative estimate of drug-likeness (QED) is 0.253. The number of guanidine groups is 1. The summed E-state index contributed by atoms with van der Waals surface area (Å²) < 4.78 is 18.8. The van der Waals surface area contributed by atoms with E-state index < -0.39 is 0 Å². The Balaban J connectivity index is 0.00000341. The smallest absolute Gasteiger partial charge is 0.226 e. The molecular formula is C23H29FIN5O. The van der Waals surface area contributed by atoms with Gasteiger partial charge in [-0.2, -0.15) is 0 Å². The molecule has 6 nitrogen and oxygen atoms in total. The van der Waals surface area contributed by atoms with Crippen molar-refractivity contribution in [3.8, 4) is 11.5 Å². The summed E-state index contributed by atoms with van der Waals surface area (Å²) in [6, 6.07) is 16.5. The predicted octanol–water partition coefficient (Wildman–Crippen LogP) is 4.46. The number of oxazole rings is 1. The fourth-order valence-corrected chi connectivity index (χ4v) is 3.07. The first kappa shape index (κ1) is 24.8. The summed E-state index contributed by atoms with van der Waals surface area (Å²) in [6.45, 7) is 3.78. The second-order valence-corrected chi connectivity index (χ2v) is 7.12. The summed E-state index contributed by atoms with van der Waals surface area (Å²) in [6.07, 6.45) is 1.64. The van der Waals surface area contributed by atoms with Crippen LogP contribution in [-0.2, 0) is 6.54 Å². The molecule has 0 amide bonds. The summed E-state index contributed by atoms with van der Waals surface area (Å²) in [5.74, 6) is 1.04. The Morgan fingerprint density at radius 3 is 2.45 bits per heavy atom. The number of aromatic nitrogens is 1. The number of aliphatic imine (C=N–C) groups is 1. The Labute approximate surface area is 200 Å². The summed E-state index contributed by atoms with van der Waals surface area (Å²) >= 11 is 0. The average Bonchev–Trinajstić information content (AvgIpc) is 3.23. The van der Waals surface area contributed by atoms with Crippen LogP contribution in [0, 0.1) is 5.82 Å². The second-order valence-electron chi connectivity index (χ2n) is 7.12. The maximum Gasteiger partial charge on any atom is 0.226 e. The van der Waals surface area contributed by atoms with E-state index in [2.05, 4.69) is 25.5 Å². The molecule has 1 unspecified atom stereocenters. The minimum absolute atomic E-state index is 0. The first-order valence-corrected chi connectivity index (χ1v) is 10.0. The zero-order valence-electron chi connectivity index (χ0n) is 18.0. The Hall–Kier alpha value is -2.46. The SMILES string of the molecule is CCNC(=NCc1coc(-c2ccccc2)n1)NCC(c1ccc(F)cc1)N(C)C.I. The van der Waals surface area contributed by atoms with E-state index in [-0.39, 0.29) is 35.8 Å². The van der Waals surface area contributed by atoms with Gasteiger partial charge in [0.15, 0.2) is 5.96 Å². The van der Waals surface area contributed by atoms with Crippen molar-refractivity contribution < 1.29 is 8.81 Å². The van der Waals surface area contributed by atoms with Gasteiger partial charge in [0.25, 0.3) is 0 Å². The molecule has 0 aliphatic rings. The van der Waals surface area contributed by atoms with Gasteiger partial charge >= 0.3 is 0 Å². The second kappa shape index (κ2) is 12.4. The molecule has 166 valence electrons. The van der Waals surface area contributed by atoms with Crippen molar-refractivity contribution in [3.05, 3.63) is 77.9 Å². The van der Waals surface area contributed by atoms with Gasteiger partial charge in [0.1, 0.15) is 17.8 Å². The maximum absolute atomic E-state index is 13.3. The van der Waals surface area contributed by atoms with Gasteiger partial charge in [0.05, 0.1) is 12.6 Å². The fraction of sp³-hybridized carbons (Fsp3) is 0.304. The van der Waals surface area contributed by atoms with Crippen LogP contribution in [0.2, 0.25) is 0 Å². The third-order valence-electron chi connectivity index (χ3n) is 4.66. The molecular weight excluding hydrogens is 508 g/mol. The number of halogens is 2. The molecule has 2 aromatic carbocycles. The maximum atomic E-state index is 13.3. The molecule has 1 heterocycles. The van der Waals surface area contributed by atoms with E-state index in [1.165, 1.54) is 12.1 Å². The van der Waals surface area contributed by atoms with Gasteiger partial charge < -0.3 is 20.0 Å². The van der Waals surface area contributed by atoms with Gasteiger partial charge in [-0.25, -0.2) is 14.4 Å². The number of nitrogens with zero attached hydrogens (tertiary/aromatic N) is 3. The highest BCUT2D eigenvalue weighted by atomic mass is 127. The van der Waals surface area contributed by atoms with Crippen LogP contribution in [0.5, 0.6) is 0 Å². The zero-order valence-corrected chi connectivity index (χ0v) is 20.3. The number of rotatable bonds is 8. The van der Waals surface area contributed by atoms with Crippen molar-refractivity contribution in [1.29, 1.82) is 0 Å². The van der Waals surface area contributed by atoms with E-state index in [0.29, 0.717) is 24.9 Å². The van der Waals surface area contributed by atoms with E-state index >= 15 is 0 Å². The molecule has 0 radical (unpaired) electrons. The fourth-order valence-electron chi connectivity index (χ4n) is 3.07. The first-order chi connectivity index (χ1) is 14.6. The molecule has 3 rings (SSSR count). The largest absolute Gasteiger partial charge is 0.444 e. The number of hydrogen-bond donors (Lipinski definition) is 2. The Kier molecular flexibility index (Phi) is 9.93. The van der Waals surface area contributed by atoms with Crippen LogP contribution in [0.1, 0.15) is 24.2 Å². The van der Waals surface area contributed by atoms with E-state index in [0.717, 1.165) is 23.4 Å². The van der Waals surface area contributed by atoms with E-state index in [1.807, 2.05) is 63.5 Å². The summed E-state index contributed by atoms with van der Waals surface area (Å²) in [5.41, 5.74) is 2.73. The molecule has 8 heteroatoms. The highest BCUT2D eigenvalue weighted by molar-refractivity contribution is 14.0. The van der Waals surface area contributed by atoms with Gasteiger partial charge in [-0.1, -0.05) is 30.3 Å². The molecule has 0 aliphatic heterocycles. The monoisotopic (exact) mass is 537 g/mol. The lowest BCUT2D eigenvalue weighted by molar-refractivity contribution is 0.298. The molecule has 0 aliphatic carbocycles. The third-order valence-corrected chi connectivity index (χ3v) is 4.66. The van der Waals surface area contributed by atoms with Crippen molar-refractivity contribution in [2.75, 3.05) is 27.2 Å². The van der Waals surface area contributed by atoms with Gasteiger partial charge in [0, 0.05) is 18.7 Å².